The fourth-order valence-corrected chi connectivity index (χ4v) is 2.00. The number of carbonyl (C=O) groups is 1. The van der Waals surface area contributed by atoms with Crippen LogP contribution in [0.1, 0.15) is 16.2 Å². The third-order valence-electron chi connectivity index (χ3n) is 2.18. The van der Waals surface area contributed by atoms with Crippen molar-refractivity contribution in [1.82, 2.24) is 19.1 Å². The van der Waals surface area contributed by atoms with Gasteiger partial charge in [-0.05, 0) is 11.5 Å². The van der Waals surface area contributed by atoms with Crippen molar-refractivity contribution < 1.29 is 4.79 Å². The van der Waals surface area contributed by atoms with Crippen LogP contribution >= 0.6 is 11.5 Å². The maximum absolute atomic E-state index is 11.2. The summed E-state index contributed by atoms with van der Waals surface area (Å²) in [5.41, 5.74) is 11.0. The second-order valence-electron chi connectivity index (χ2n) is 3.35. The van der Waals surface area contributed by atoms with Crippen LogP contribution in [0, 0.1) is 0 Å². The van der Waals surface area contributed by atoms with Crippen LogP contribution in [0.5, 0.6) is 0 Å². The Morgan fingerprint density at radius 1 is 1.65 bits per heavy atom. The maximum Gasteiger partial charge on any atom is 0.255 e. The van der Waals surface area contributed by atoms with E-state index in [9.17, 15) is 4.79 Å². The van der Waals surface area contributed by atoms with Gasteiger partial charge in [-0.1, -0.05) is 0 Å². The summed E-state index contributed by atoms with van der Waals surface area (Å²) in [6, 6.07) is 0. The number of nitrogens with two attached hydrogens (primary N) is 2. The lowest BCUT2D eigenvalue weighted by atomic mass is 10.3. The molecule has 0 aromatic carbocycles. The molecule has 0 aliphatic rings. The van der Waals surface area contributed by atoms with Gasteiger partial charge in [-0.3, -0.25) is 4.79 Å². The average molecular weight is 253 g/mol. The van der Waals surface area contributed by atoms with Crippen molar-refractivity contribution in [3.63, 3.8) is 0 Å². The Labute approximate surface area is 101 Å². The highest BCUT2D eigenvalue weighted by Crippen LogP contribution is 2.26. The lowest BCUT2D eigenvalue weighted by Crippen LogP contribution is -2.15. The number of primary amides is 1. The molecule has 0 saturated heterocycles. The highest BCUT2D eigenvalue weighted by Gasteiger charge is 2.16. The minimum absolute atomic E-state index is 0.142. The van der Waals surface area contributed by atoms with Crippen LogP contribution in [0.3, 0.4) is 0 Å². The van der Waals surface area contributed by atoms with E-state index in [-0.39, 0.29) is 11.4 Å². The first-order chi connectivity index (χ1) is 8.09. The summed E-state index contributed by atoms with van der Waals surface area (Å²) in [5, 5.41) is 11.2. The molecular formula is C8H11N7OS. The number of nitrogen functional groups attached to an aromatic ring is 1. The van der Waals surface area contributed by atoms with E-state index in [1.807, 2.05) is 7.05 Å². The van der Waals surface area contributed by atoms with Crippen molar-refractivity contribution in [2.75, 3.05) is 11.1 Å². The molecule has 2 aromatic heterocycles. The van der Waals surface area contributed by atoms with Crippen molar-refractivity contribution in [2.24, 2.45) is 12.8 Å². The molecule has 8 nitrogen and oxygen atoms in total. The van der Waals surface area contributed by atoms with Gasteiger partial charge < -0.3 is 21.4 Å². The Morgan fingerprint density at radius 3 is 3.00 bits per heavy atom. The first-order valence-electron chi connectivity index (χ1n) is 4.71. The van der Waals surface area contributed by atoms with Gasteiger partial charge >= 0.3 is 0 Å². The molecule has 5 N–H and O–H groups in total. The van der Waals surface area contributed by atoms with E-state index in [2.05, 4.69) is 19.9 Å². The van der Waals surface area contributed by atoms with Crippen LogP contribution in [0.25, 0.3) is 0 Å². The van der Waals surface area contributed by atoms with E-state index >= 15 is 0 Å². The predicted octanol–water partition coefficient (Wildman–Crippen LogP) is -0.435. The molecule has 0 saturated carbocycles. The van der Waals surface area contributed by atoms with E-state index in [1.165, 1.54) is 0 Å². The third kappa shape index (κ3) is 2.18. The minimum atomic E-state index is -0.600. The van der Waals surface area contributed by atoms with Crippen LogP contribution in [-0.4, -0.2) is 25.0 Å². The lowest BCUT2D eigenvalue weighted by molar-refractivity contribution is 0.100. The molecule has 90 valence electrons. The van der Waals surface area contributed by atoms with Gasteiger partial charge in [-0.25, -0.2) is 0 Å². The SMILES string of the molecule is Cn1cnnc1CNc1snc(N)c1C(N)=O. The summed E-state index contributed by atoms with van der Waals surface area (Å²) in [7, 11) is 1.83. The van der Waals surface area contributed by atoms with E-state index in [0.29, 0.717) is 11.5 Å². The van der Waals surface area contributed by atoms with Gasteiger partial charge in [-0.2, -0.15) is 4.37 Å². The molecule has 2 heterocycles. The smallest absolute Gasteiger partial charge is 0.255 e. The number of hydrogen-bond donors (Lipinski definition) is 3. The fraction of sp³-hybridized carbons (Fsp3) is 0.250. The average Bonchev–Trinajstić information content (AvgIpc) is 2.82. The number of nitrogens with zero attached hydrogens (tertiary/aromatic N) is 4. The molecule has 0 spiro atoms. The Morgan fingerprint density at radius 2 is 2.41 bits per heavy atom. The first-order valence-corrected chi connectivity index (χ1v) is 5.48. The molecule has 0 unspecified atom stereocenters. The molecule has 1 amide bonds. The van der Waals surface area contributed by atoms with Crippen molar-refractivity contribution in [3.8, 4) is 0 Å². The number of aromatic nitrogens is 4. The number of hydrogen-bond acceptors (Lipinski definition) is 7. The largest absolute Gasteiger partial charge is 0.382 e. The zero-order valence-corrected chi connectivity index (χ0v) is 9.86. The van der Waals surface area contributed by atoms with Crippen molar-refractivity contribution in [3.05, 3.63) is 17.7 Å². The quantitative estimate of drug-likeness (QED) is 0.678. The molecule has 0 bridgehead atoms. The summed E-state index contributed by atoms with van der Waals surface area (Å²) in [6.07, 6.45) is 1.59. The molecule has 17 heavy (non-hydrogen) atoms. The number of amides is 1. The second-order valence-corrected chi connectivity index (χ2v) is 4.12. The zero-order valence-electron chi connectivity index (χ0n) is 9.04. The number of aryl methyl sites for hydroxylation is 1. The molecular weight excluding hydrogens is 242 g/mol. The summed E-state index contributed by atoms with van der Waals surface area (Å²) in [4.78, 5) is 11.2. The number of rotatable bonds is 4. The Hall–Kier alpha value is -2.16. The topological polar surface area (TPSA) is 125 Å². The maximum atomic E-state index is 11.2. The second kappa shape index (κ2) is 4.37. The fourth-order valence-electron chi connectivity index (χ4n) is 1.29. The minimum Gasteiger partial charge on any atom is -0.382 e. The Kier molecular flexibility index (Phi) is 2.91. The van der Waals surface area contributed by atoms with Gasteiger partial charge in [0.05, 0.1) is 6.54 Å². The molecule has 0 aliphatic heterocycles. The summed E-state index contributed by atoms with van der Waals surface area (Å²) in [6.45, 7) is 0.415. The Balaban J connectivity index is 2.15. The number of anilines is 2. The van der Waals surface area contributed by atoms with E-state index in [4.69, 9.17) is 11.5 Å². The van der Waals surface area contributed by atoms with Gasteiger partial charge in [0.2, 0.25) is 0 Å². The standard InChI is InChI=1S/C8H11N7OS/c1-15-3-12-13-4(15)2-11-8-5(7(10)16)6(9)14-17-8/h3,11H,2H2,1H3,(H2,9,14)(H2,10,16). The Bertz CT molecular complexity index is 546. The number of nitrogens with one attached hydrogen (secondary N) is 1. The first kappa shape index (κ1) is 11.3. The van der Waals surface area contributed by atoms with E-state index in [1.54, 1.807) is 10.9 Å². The van der Waals surface area contributed by atoms with Crippen LogP contribution < -0.4 is 16.8 Å². The molecule has 0 fully saturated rings. The van der Waals surface area contributed by atoms with Gasteiger partial charge in [-0.15, -0.1) is 10.2 Å². The highest BCUT2D eigenvalue weighted by molar-refractivity contribution is 7.11. The summed E-state index contributed by atoms with van der Waals surface area (Å²) < 4.78 is 5.64. The zero-order chi connectivity index (χ0) is 12.4. The monoisotopic (exact) mass is 253 g/mol. The van der Waals surface area contributed by atoms with Gasteiger partial charge in [0.15, 0.2) is 11.6 Å². The lowest BCUT2D eigenvalue weighted by Gasteiger charge is -2.04. The van der Waals surface area contributed by atoms with Gasteiger partial charge in [0.25, 0.3) is 5.91 Å². The highest BCUT2D eigenvalue weighted by atomic mass is 32.1. The van der Waals surface area contributed by atoms with Crippen molar-refractivity contribution in [2.45, 2.75) is 6.54 Å². The predicted molar refractivity (Wildman–Crippen MR) is 63.4 cm³/mol. The molecule has 0 aliphatic carbocycles. The number of carbonyl (C=O) groups excluding carboxylic acids is 1. The molecule has 9 heteroatoms. The molecule has 0 atom stereocenters. The molecule has 2 aromatic rings. The third-order valence-corrected chi connectivity index (χ3v) is 3.00. The van der Waals surface area contributed by atoms with Crippen LogP contribution in [0.15, 0.2) is 6.33 Å². The van der Waals surface area contributed by atoms with Gasteiger partial charge in [0.1, 0.15) is 16.9 Å². The summed E-state index contributed by atoms with van der Waals surface area (Å²) >= 11 is 1.09. The van der Waals surface area contributed by atoms with Crippen LogP contribution in [0.4, 0.5) is 10.8 Å². The van der Waals surface area contributed by atoms with E-state index in [0.717, 1.165) is 17.4 Å². The van der Waals surface area contributed by atoms with Crippen LogP contribution in [-0.2, 0) is 13.6 Å². The van der Waals surface area contributed by atoms with Gasteiger partial charge in [0, 0.05) is 7.05 Å². The molecule has 0 radical (unpaired) electrons. The van der Waals surface area contributed by atoms with Crippen molar-refractivity contribution in [1.29, 1.82) is 0 Å². The molecule has 2 rings (SSSR count). The van der Waals surface area contributed by atoms with E-state index < -0.39 is 5.91 Å². The van der Waals surface area contributed by atoms with Crippen molar-refractivity contribution >= 4 is 28.3 Å². The normalized spacial score (nSPS) is 10.4. The van der Waals surface area contributed by atoms with Crippen LogP contribution in [0.2, 0.25) is 0 Å². The summed E-state index contributed by atoms with van der Waals surface area (Å²) in [5.74, 6) is 0.270.